The number of hydrogen-bond acceptors (Lipinski definition) is 5. The third-order valence-corrected chi connectivity index (χ3v) is 8.05. The number of hydrogen-bond donors (Lipinski definition) is 0. The van der Waals surface area contributed by atoms with Gasteiger partial charge in [-0.25, -0.2) is 14.5 Å². The lowest BCUT2D eigenvalue weighted by atomic mass is 10.0. The molecule has 0 unspecified atom stereocenters. The van der Waals surface area contributed by atoms with E-state index in [-0.39, 0.29) is 0 Å². The largest absolute Gasteiger partial charge is 0.430 e. The van der Waals surface area contributed by atoms with E-state index in [1.54, 1.807) is 0 Å². The number of aromatic nitrogens is 2. The maximum Gasteiger partial charge on any atom is 0.430 e. The smallest absolute Gasteiger partial charge is 0.397 e. The average molecular weight is 535 g/mol. The maximum atomic E-state index is 14.0. The molecular formula is C33H31N2O3P. The summed E-state index contributed by atoms with van der Waals surface area (Å²) in [6, 6.07) is 28.5. The van der Waals surface area contributed by atoms with E-state index in [1.165, 1.54) is 17.8 Å². The molecule has 6 aromatic rings. The molecule has 6 heteroatoms. The Morgan fingerprint density at radius 3 is 1.46 bits per heavy atom. The highest BCUT2D eigenvalue weighted by molar-refractivity contribution is 7.53. The second-order valence-electron chi connectivity index (χ2n) is 10.1. The quantitative estimate of drug-likeness (QED) is 0.144. The van der Waals surface area contributed by atoms with Crippen LogP contribution < -0.4 is 9.05 Å². The molecule has 4 aromatic carbocycles. The van der Waals surface area contributed by atoms with E-state index in [9.17, 15) is 4.57 Å². The van der Waals surface area contributed by atoms with Crippen molar-refractivity contribution in [3.63, 3.8) is 0 Å². The van der Waals surface area contributed by atoms with E-state index >= 15 is 0 Å². The maximum absolute atomic E-state index is 14.0. The van der Waals surface area contributed by atoms with Crippen LogP contribution >= 0.6 is 7.60 Å². The lowest BCUT2D eigenvalue weighted by molar-refractivity contribution is 0.387. The van der Waals surface area contributed by atoms with E-state index in [0.717, 1.165) is 69.0 Å². The third-order valence-electron chi connectivity index (χ3n) is 7.04. The molecule has 0 radical (unpaired) electrons. The Balaban J connectivity index is 1.46. The van der Waals surface area contributed by atoms with Crippen molar-refractivity contribution in [1.82, 2.24) is 9.97 Å². The fourth-order valence-electron chi connectivity index (χ4n) is 5.30. The van der Waals surface area contributed by atoms with Gasteiger partial charge in [-0.3, -0.25) is 0 Å². The molecule has 0 atom stereocenters. The fourth-order valence-corrected chi connectivity index (χ4v) is 6.25. The molecule has 0 fully saturated rings. The number of aryl methyl sites for hydroxylation is 2. The van der Waals surface area contributed by atoms with Gasteiger partial charge in [0.05, 0.1) is 17.7 Å². The van der Waals surface area contributed by atoms with Crippen molar-refractivity contribution in [2.75, 3.05) is 6.66 Å². The molecule has 6 rings (SSSR count). The topological polar surface area (TPSA) is 61.3 Å². The Morgan fingerprint density at radius 1 is 0.590 bits per heavy atom. The van der Waals surface area contributed by atoms with Crippen molar-refractivity contribution in [3.05, 3.63) is 96.1 Å². The van der Waals surface area contributed by atoms with Crippen molar-refractivity contribution >= 4 is 50.9 Å². The van der Waals surface area contributed by atoms with Crippen LogP contribution in [0.3, 0.4) is 0 Å². The average Bonchev–Trinajstić information content (AvgIpc) is 2.93. The number of para-hydroxylation sites is 2. The molecule has 0 bridgehead atoms. The van der Waals surface area contributed by atoms with Gasteiger partial charge in [-0.1, -0.05) is 87.4 Å². The summed E-state index contributed by atoms with van der Waals surface area (Å²) in [6.45, 7) is 5.80. The molecular weight excluding hydrogens is 503 g/mol. The summed E-state index contributed by atoms with van der Waals surface area (Å²) in [4.78, 5) is 9.57. The summed E-state index contributed by atoms with van der Waals surface area (Å²) in [6.07, 6.45) is 3.93. The molecule has 0 aliphatic carbocycles. The van der Waals surface area contributed by atoms with Gasteiger partial charge in [0, 0.05) is 21.5 Å². The Labute approximate surface area is 228 Å². The first kappa shape index (κ1) is 25.3. The number of fused-ring (bicyclic) bond motifs is 6. The molecule has 0 amide bonds. The van der Waals surface area contributed by atoms with E-state index in [1.807, 2.05) is 36.4 Å². The Hall–Kier alpha value is -3.95. The lowest BCUT2D eigenvalue weighted by Crippen LogP contribution is -2.03. The Kier molecular flexibility index (Phi) is 6.70. The highest BCUT2D eigenvalue weighted by Crippen LogP contribution is 2.48. The molecule has 0 aliphatic rings. The van der Waals surface area contributed by atoms with Crippen molar-refractivity contribution in [2.45, 2.75) is 39.5 Å². The van der Waals surface area contributed by atoms with E-state index in [4.69, 9.17) is 19.0 Å². The minimum atomic E-state index is -3.69. The Bertz CT molecular complexity index is 1770. The normalized spacial score (nSPS) is 12.0. The van der Waals surface area contributed by atoms with E-state index in [0.29, 0.717) is 11.8 Å². The lowest BCUT2D eigenvalue weighted by Gasteiger charge is -2.19. The van der Waals surface area contributed by atoms with Crippen LogP contribution in [0.1, 0.15) is 37.8 Å². The first-order valence-corrected chi connectivity index (χ1v) is 15.5. The van der Waals surface area contributed by atoms with Gasteiger partial charge in [-0.15, -0.1) is 0 Å². The number of rotatable bonds is 8. The van der Waals surface area contributed by atoms with Crippen LogP contribution in [-0.2, 0) is 17.4 Å². The van der Waals surface area contributed by atoms with Gasteiger partial charge in [0.15, 0.2) is 0 Å². The van der Waals surface area contributed by atoms with Crippen LogP contribution in [0.25, 0.3) is 43.4 Å². The Morgan fingerprint density at radius 2 is 1.03 bits per heavy atom. The van der Waals surface area contributed by atoms with Crippen LogP contribution in [0.4, 0.5) is 0 Å². The van der Waals surface area contributed by atoms with Gasteiger partial charge >= 0.3 is 7.60 Å². The van der Waals surface area contributed by atoms with Crippen LogP contribution in [-0.4, -0.2) is 16.6 Å². The van der Waals surface area contributed by atoms with Crippen LogP contribution in [0, 0.1) is 0 Å². The second kappa shape index (κ2) is 10.3. The zero-order chi connectivity index (χ0) is 27.0. The van der Waals surface area contributed by atoms with Crippen LogP contribution in [0.15, 0.2) is 84.9 Å². The minimum absolute atomic E-state index is 0.309. The molecule has 39 heavy (non-hydrogen) atoms. The fraction of sp³-hybridized carbons (Fsp3) is 0.212. The van der Waals surface area contributed by atoms with E-state index < -0.39 is 7.60 Å². The van der Waals surface area contributed by atoms with Gasteiger partial charge in [-0.05, 0) is 59.0 Å². The molecule has 2 heterocycles. The first-order valence-electron chi connectivity index (χ1n) is 13.5. The van der Waals surface area contributed by atoms with Crippen LogP contribution in [0.5, 0.6) is 11.8 Å². The zero-order valence-corrected chi connectivity index (χ0v) is 23.4. The zero-order valence-electron chi connectivity index (χ0n) is 22.5. The summed E-state index contributed by atoms with van der Waals surface area (Å²) in [5, 5.41) is 5.72. The third kappa shape index (κ3) is 4.95. The number of pyridine rings is 2. The van der Waals surface area contributed by atoms with Crippen molar-refractivity contribution in [2.24, 2.45) is 0 Å². The van der Waals surface area contributed by atoms with Gasteiger partial charge in [-0.2, -0.15) is 0 Å². The summed E-state index contributed by atoms with van der Waals surface area (Å²) >= 11 is 0. The van der Waals surface area contributed by atoms with Gasteiger partial charge in [0.25, 0.3) is 0 Å². The first-order chi connectivity index (χ1) is 19.0. The predicted molar refractivity (Wildman–Crippen MR) is 161 cm³/mol. The number of benzene rings is 4. The second-order valence-corrected chi connectivity index (χ2v) is 12.0. The molecule has 0 aliphatic heterocycles. The number of nitrogens with zero attached hydrogens (tertiary/aromatic N) is 2. The van der Waals surface area contributed by atoms with E-state index in [2.05, 4.69) is 62.4 Å². The van der Waals surface area contributed by atoms with Gasteiger partial charge < -0.3 is 9.05 Å². The highest BCUT2D eigenvalue weighted by atomic mass is 31.2. The molecule has 0 saturated heterocycles. The summed E-state index contributed by atoms with van der Waals surface area (Å²) in [5.41, 5.74) is 3.93. The highest BCUT2D eigenvalue weighted by Gasteiger charge is 2.26. The molecule has 196 valence electrons. The predicted octanol–water partition coefficient (Wildman–Crippen LogP) is 9.28. The van der Waals surface area contributed by atoms with Crippen molar-refractivity contribution in [3.8, 4) is 11.8 Å². The van der Waals surface area contributed by atoms with Gasteiger partial charge in [0.2, 0.25) is 11.8 Å². The minimum Gasteiger partial charge on any atom is -0.397 e. The monoisotopic (exact) mass is 534 g/mol. The SMILES string of the molecule is CCCc1ccc2c(c1)c(OP(C)(=O)Oc1nc3ccccc3c3ccc(CCC)cc13)nc1ccccc12. The molecule has 2 aromatic heterocycles. The standard InChI is InChI=1S/C33H31N2O3P/c1-4-10-22-16-18-24-26-12-6-8-14-30(26)34-32(28(24)20-22)37-39(3,36)38-33-29-21-23(11-5-2)17-19-25(29)27-13-7-9-15-31(27)35-33/h6-9,12-21H,4-5,10-11H2,1-3H3. The molecule has 0 spiro atoms. The summed E-state index contributed by atoms with van der Waals surface area (Å²) in [5.74, 6) is 0.619. The molecule has 0 saturated carbocycles. The van der Waals surface area contributed by atoms with Crippen molar-refractivity contribution in [1.29, 1.82) is 0 Å². The summed E-state index contributed by atoms with van der Waals surface area (Å²) in [7, 11) is -3.69. The molecule has 5 nitrogen and oxygen atoms in total. The molecule has 0 N–H and O–H groups in total. The van der Waals surface area contributed by atoms with Crippen molar-refractivity contribution < 1.29 is 13.6 Å². The van der Waals surface area contributed by atoms with Gasteiger partial charge in [0.1, 0.15) is 0 Å². The summed E-state index contributed by atoms with van der Waals surface area (Å²) < 4.78 is 26.4. The van der Waals surface area contributed by atoms with Crippen LogP contribution in [0.2, 0.25) is 0 Å².